The number of nitrogens with one attached hydrogen (secondary N) is 1. The molecule has 0 aliphatic carbocycles. The number of aliphatic imine (C=N–C) groups is 1. The Morgan fingerprint density at radius 3 is 2.54 bits per heavy atom. The summed E-state index contributed by atoms with van der Waals surface area (Å²) >= 11 is 0. The molecular formula is C19H30F3IN4O. The van der Waals surface area contributed by atoms with Crippen molar-refractivity contribution in [1.29, 1.82) is 0 Å². The summed E-state index contributed by atoms with van der Waals surface area (Å²) in [4.78, 5) is 7.93. The van der Waals surface area contributed by atoms with E-state index in [-0.39, 0.29) is 30.0 Å². The first-order chi connectivity index (χ1) is 12.8. The van der Waals surface area contributed by atoms with Gasteiger partial charge in [-0.25, -0.2) is 0 Å². The Hall–Kier alpha value is -1.23. The molecule has 0 bridgehead atoms. The zero-order valence-electron chi connectivity index (χ0n) is 16.6. The molecule has 1 fully saturated rings. The third kappa shape index (κ3) is 8.42. The molecule has 5 nitrogen and oxygen atoms in total. The van der Waals surface area contributed by atoms with E-state index in [4.69, 9.17) is 4.74 Å². The zero-order valence-corrected chi connectivity index (χ0v) is 19.0. The van der Waals surface area contributed by atoms with Crippen molar-refractivity contribution in [2.45, 2.75) is 39.0 Å². The van der Waals surface area contributed by atoms with E-state index in [9.17, 15) is 13.2 Å². The van der Waals surface area contributed by atoms with E-state index in [1.165, 1.54) is 4.90 Å². The van der Waals surface area contributed by atoms with Gasteiger partial charge in [0.25, 0.3) is 0 Å². The normalized spacial score (nSPS) is 17.9. The number of hydrogen-bond acceptors (Lipinski definition) is 3. The molecule has 1 atom stereocenters. The lowest BCUT2D eigenvalue weighted by Crippen LogP contribution is -2.45. The van der Waals surface area contributed by atoms with E-state index in [0.29, 0.717) is 45.2 Å². The number of ether oxygens (including phenoxy) is 1. The van der Waals surface area contributed by atoms with Crippen LogP contribution in [0.4, 0.5) is 13.2 Å². The highest BCUT2D eigenvalue weighted by Crippen LogP contribution is 2.20. The molecular weight excluding hydrogens is 484 g/mol. The minimum atomic E-state index is -4.15. The fourth-order valence-electron chi connectivity index (χ4n) is 3.16. The first-order valence-electron chi connectivity index (χ1n) is 9.33. The number of alkyl halides is 3. The Kier molecular flexibility index (Phi) is 10.4. The molecule has 1 saturated heterocycles. The van der Waals surface area contributed by atoms with E-state index in [1.807, 2.05) is 50.1 Å². The molecule has 160 valence electrons. The summed E-state index contributed by atoms with van der Waals surface area (Å²) < 4.78 is 43.1. The van der Waals surface area contributed by atoms with E-state index < -0.39 is 12.7 Å². The quantitative estimate of drug-likeness (QED) is 0.342. The molecule has 1 aliphatic rings. The largest absolute Gasteiger partial charge is 0.494 e. The summed E-state index contributed by atoms with van der Waals surface area (Å²) in [5, 5.41) is 3.33. The number of halogens is 4. The fourth-order valence-corrected chi connectivity index (χ4v) is 3.16. The highest BCUT2D eigenvalue weighted by atomic mass is 127. The first kappa shape index (κ1) is 24.8. The Labute approximate surface area is 182 Å². The van der Waals surface area contributed by atoms with Crippen LogP contribution in [0.15, 0.2) is 29.3 Å². The van der Waals surface area contributed by atoms with Crippen LogP contribution < -0.4 is 10.1 Å². The summed E-state index contributed by atoms with van der Waals surface area (Å²) in [5.41, 5.74) is 1.11. The third-order valence-corrected chi connectivity index (χ3v) is 4.33. The fraction of sp³-hybridized carbons (Fsp3) is 0.632. The standard InChI is InChI=1S/C19H29F3N4O.HI/c1-4-23-18(24-16-10-11-26(13-16)14-19(20,21)22)25(3)12-15-6-8-17(9-7-15)27-5-2;/h6-9,16H,4-5,10-14H2,1-3H3,(H,23,24);1H. The van der Waals surface area contributed by atoms with Gasteiger partial charge in [-0.2, -0.15) is 13.2 Å². The van der Waals surface area contributed by atoms with Gasteiger partial charge in [0.15, 0.2) is 5.96 Å². The van der Waals surface area contributed by atoms with Gasteiger partial charge in [-0.05, 0) is 38.0 Å². The summed E-state index contributed by atoms with van der Waals surface area (Å²) in [6, 6.07) is 7.85. The lowest BCUT2D eigenvalue weighted by molar-refractivity contribution is -0.143. The van der Waals surface area contributed by atoms with Crippen molar-refractivity contribution in [2.75, 3.05) is 39.8 Å². The highest BCUT2D eigenvalue weighted by Gasteiger charge is 2.34. The van der Waals surface area contributed by atoms with Crippen LogP contribution in [0.3, 0.4) is 0 Å². The van der Waals surface area contributed by atoms with Gasteiger partial charge in [-0.3, -0.25) is 9.89 Å². The number of likely N-dealkylation sites (tertiary alicyclic amines) is 1. The second-order valence-electron chi connectivity index (χ2n) is 6.71. The van der Waals surface area contributed by atoms with E-state index in [2.05, 4.69) is 10.3 Å². The van der Waals surface area contributed by atoms with E-state index >= 15 is 0 Å². The van der Waals surface area contributed by atoms with Crippen molar-refractivity contribution < 1.29 is 17.9 Å². The second kappa shape index (κ2) is 11.7. The first-order valence-corrected chi connectivity index (χ1v) is 9.33. The number of guanidine groups is 1. The zero-order chi connectivity index (χ0) is 19.9. The molecule has 1 heterocycles. The molecule has 1 N–H and O–H groups in total. The topological polar surface area (TPSA) is 40.1 Å². The van der Waals surface area contributed by atoms with Gasteiger partial charge in [0.05, 0.1) is 13.2 Å². The maximum absolute atomic E-state index is 12.6. The van der Waals surface area contributed by atoms with Gasteiger partial charge in [-0.1, -0.05) is 12.1 Å². The Morgan fingerprint density at radius 2 is 1.96 bits per heavy atom. The molecule has 1 aliphatic heterocycles. The molecule has 0 saturated carbocycles. The maximum Gasteiger partial charge on any atom is 0.401 e. The van der Waals surface area contributed by atoms with Crippen molar-refractivity contribution in [2.24, 2.45) is 4.99 Å². The van der Waals surface area contributed by atoms with Crippen molar-refractivity contribution in [3.8, 4) is 5.75 Å². The molecule has 28 heavy (non-hydrogen) atoms. The lowest BCUT2D eigenvalue weighted by Gasteiger charge is -2.26. The molecule has 1 aromatic carbocycles. The van der Waals surface area contributed by atoms with Gasteiger partial charge >= 0.3 is 6.18 Å². The van der Waals surface area contributed by atoms with E-state index in [1.54, 1.807) is 0 Å². The average molecular weight is 514 g/mol. The molecule has 0 aromatic heterocycles. The molecule has 0 radical (unpaired) electrons. The van der Waals surface area contributed by atoms with Crippen LogP contribution >= 0.6 is 24.0 Å². The minimum absolute atomic E-state index is 0. The second-order valence-corrected chi connectivity index (χ2v) is 6.71. The molecule has 1 aromatic rings. The van der Waals surface area contributed by atoms with Crippen molar-refractivity contribution in [3.63, 3.8) is 0 Å². The maximum atomic E-state index is 12.6. The van der Waals surface area contributed by atoms with Crippen LogP contribution in [0.2, 0.25) is 0 Å². The van der Waals surface area contributed by atoms with Crippen LogP contribution in [0.1, 0.15) is 25.8 Å². The van der Waals surface area contributed by atoms with Crippen molar-refractivity contribution in [1.82, 2.24) is 15.1 Å². The highest BCUT2D eigenvalue weighted by molar-refractivity contribution is 14.0. The summed E-state index contributed by atoms with van der Waals surface area (Å²) in [6.45, 7) is 5.73. The number of nitrogens with zero attached hydrogens (tertiary/aromatic N) is 3. The molecule has 2 rings (SSSR count). The monoisotopic (exact) mass is 514 g/mol. The van der Waals surface area contributed by atoms with Crippen LogP contribution in [-0.2, 0) is 6.54 Å². The average Bonchev–Trinajstić information content (AvgIpc) is 3.01. The predicted molar refractivity (Wildman–Crippen MR) is 117 cm³/mol. The smallest absolute Gasteiger partial charge is 0.401 e. The Morgan fingerprint density at radius 1 is 1.29 bits per heavy atom. The number of benzene rings is 1. The van der Waals surface area contributed by atoms with E-state index in [0.717, 1.165) is 11.3 Å². The van der Waals surface area contributed by atoms with Gasteiger partial charge in [-0.15, -0.1) is 24.0 Å². The van der Waals surface area contributed by atoms with Crippen LogP contribution in [-0.4, -0.2) is 67.8 Å². The summed E-state index contributed by atoms with van der Waals surface area (Å²) in [7, 11) is 1.93. The Balaban J connectivity index is 0.00000392. The van der Waals surface area contributed by atoms with Crippen molar-refractivity contribution in [3.05, 3.63) is 29.8 Å². The lowest BCUT2D eigenvalue weighted by atomic mass is 10.2. The van der Waals surface area contributed by atoms with Crippen LogP contribution in [0.25, 0.3) is 0 Å². The van der Waals surface area contributed by atoms with Gasteiger partial charge < -0.3 is 15.0 Å². The van der Waals surface area contributed by atoms with Crippen molar-refractivity contribution >= 4 is 29.9 Å². The summed E-state index contributed by atoms with van der Waals surface area (Å²) in [5.74, 6) is 1.55. The van der Waals surface area contributed by atoms with Crippen LogP contribution in [0, 0.1) is 0 Å². The minimum Gasteiger partial charge on any atom is -0.494 e. The molecule has 0 amide bonds. The predicted octanol–water partition coefficient (Wildman–Crippen LogP) is 3.74. The molecule has 0 spiro atoms. The summed E-state index contributed by atoms with van der Waals surface area (Å²) in [6.07, 6.45) is -3.48. The SMILES string of the molecule is CCN=C(NC1CCN(CC(F)(F)F)C1)N(C)Cc1ccc(OCC)cc1.I. The molecule has 9 heteroatoms. The van der Waals surface area contributed by atoms with Gasteiger partial charge in [0.2, 0.25) is 0 Å². The third-order valence-electron chi connectivity index (χ3n) is 4.33. The van der Waals surface area contributed by atoms with Gasteiger partial charge in [0, 0.05) is 39.3 Å². The van der Waals surface area contributed by atoms with Crippen LogP contribution in [0.5, 0.6) is 5.75 Å². The number of hydrogen-bond donors (Lipinski definition) is 1. The van der Waals surface area contributed by atoms with Gasteiger partial charge in [0.1, 0.15) is 5.75 Å². The number of rotatable bonds is 7. The Bertz CT molecular complexity index is 610. The molecule has 1 unspecified atom stereocenters.